The highest BCUT2D eigenvalue weighted by molar-refractivity contribution is 6.00. The maximum atomic E-state index is 14.0. The fraction of sp³-hybridized carbons (Fsp3) is 0.222. The van der Waals surface area contributed by atoms with Gasteiger partial charge in [0.2, 0.25) is 0 Å². The van der Waals surface area contributed by atoms with Crippen LogP contribution >= 0.6 is 0 Å². The summed E-state index contributed by atoms with van der Waals surface area (Å²) < 4.78 is 14.0. The monoisotopic (exact) mass is 557 g/mol. The third kappa shape index (κ3) is 5.70. The van der Waals surface area contributed by atoms with Gasteiger partial charge in [-0.25, -0.2) is 4.39 Å². The van der Waals surface area contributed by atoms with Gasteiger partial charge in [0.15, 0.2) is 0 Å². The van der Waals surface area contributed by atoms with Crippen LogP contribution in [0.2, 0.25) is 0 Å². The normalized spacial score (nSPS) is 14.9. The molecule has 0 aliphatic heterocycles. The molecule has 1 saturated carbocycles. The molecule has 0 atom stereocenters. The van der Waals surface area contributed by atoms with Gasteiger partial charge in [0.1, 0.15) is 11.5 Å². The standard InChI is InChI=1S/C36H36FN5/c1-4-25(20-29(5-2)39-23(3)18-24-10-7-6-8-11-24)26-14-15-33-30(21-26)36(42-41-33)34-22-31-32(40-34)16-17-38-35(31)27-12-9-13-28(37)19-27/h4-5,9,12-17,19-22,24,39-40H,2-3,6-8,10-11,18H2,1H3,(H,41,42)/b25-4+,29-20+. The van der Waals surface area contributed by atoms with Crippen molar-refractivity contribution in [3.8, 4) is 22.6 Å². The van der Waals surface area contributed by atoms with Gasteiger partial charge < -0.3 is 10.3 Å². The highest BCUT2D eigenvalue weighted by Gasteiger charge is 2.17. The molecule has 3 N–H and O–H groups in total. The van der Waals surface area contributed by atoms with Crippen LogP contribution in [0, 0.1) is 11.7 Å². The Morgan fingerprint density at radius 3 is 2.64 bits per heavy atom. The average molecular weight is 558 g/mol. The minimum Gasteiger partial charge on any atom is -0.359 e. The average Bonchev–Trinajstić information content (AvgIpc) is 3.63. The van der Waals surface area contributed by atoms with Crippen LogP contribution in [0.4, 0.5) is 4.39 Å². The Hall–Kier alpha value is -4.71. The van der Waals surface area contributed by atoms with E-state index in [0.717, 1.165) is 79.3 Å². The number of nitrogens with one attached hydrogen (secondary N) is 3. The predicted octanol–water partition coefficient (Wildman–Crippen LogP) is 9.46. The molecule has 2 aromatic carbocycles. The van der Waals surface area contributed by atoms with Gasteiger partial charge in [-0.2, -0.15) is 5.10 Å². The molecule has 1 fully saturated rings. The van der Waals surface area contributed by atoms with Crippen LogP contribution in [0.1, 0.15) is 51.0 Å². The van der Waals surface area contributed by atoms with Crippen molar-refractivity contribution in [3.63, 3.8) is 0 Å². The van der Waals surface area contributed by atoms with E-state index >= 15 is 0 Å². The van der Waals surface area contributed by atoms with Gasteiger partial charge in [0.25, 0.3) is 0 Å². The van der Waals surface area contributed by atoms with Gasteiger partial charge in [-0.3, -0.25) is 10.1 Å². The summed E-state index contributed by atoms with van der Waals surface area (Å²) in [5.74, 6) is 0.434. The molecule has 42 heavy (non-hydrogen) atoms. The van der Waals surface area contributed by atoms with Crippen LogP contribution in [-0.4, -0.2) is 20.2 Å². The van der Waals surface area contributed by atoms with E-state index in [0.29, 0.717) is 0 Å². The first kappa shape index (κ1) is 27.5. The Labute approximate surface area is 246 Å². The number of allylic oxidation sites excluding steroid dienone is 5. The number of H-pyrrole nitrogens is 2. The minimum absolute atomic E-state index is 0.287. The fourth-order valence-electron chi connectivity index (χ4n) is 6.09. The van der Waals surface area contributed by atoms with Crippen molar-refractivity contribution in [2.45, 2.75) is 45.4 Å². The highest BCUT2D eigenvalue weighted by Crippen LogP contribution is 2.34. The molecule has 5 aromatic rings. The van der Waals surface area contributed by atoms with E-state index in [-0.39, 0.29) is 5.82 Å². The molecule has 0 amide bonds. The topological polar surface area (TPSA) is 69.4 Å². The molecule has 1 aliphatic rings. The molecule has 0 unspecified atom stereocenters. The smallest absolute Gasteiger partial charge is 0.123 e. The van der Waals surface area contributed by atoms with Crippen LogP contribution in [0.25, 0.3) is 50.0 Å². The second kappa shape index (κ2) is 12.0. The highest BCUT2D eigenvalue weighted by atomic mass is 19.1. The SMILES string of the molecule is C=C/C(=C\C(=C/C)c1ccc2[nH]nc(-c3cc4c(-c5cccc(F)c5)nccc4[nH]3)c2c1)NC(=C)CC1CCCCC1. The third-order valence-electron chi connectivity index (χ3n) is 8.22. The van der Waals surface area contributed by atoms with E-state index in [1.54, 1.807) is 12.3 Å². The number of aromatic nitrogens is 4. The lowest BCUT2D eigenvalue weighted by Crippen LogP contribution is -2.15. The van der Waals surface area contributed by atoms with Crippen molar-refractivity contribution in [2.75, 3.05) is 0 Å². The first-order valence-electron chi connectivity index (χ1n) is 14.7. The van der Waals surface area contributed by atoms with Gasteiger partial charge in [-0.1, -0.05) is 69.5 Å². The Bertz CT molecular complexity index is 1830. The van der Waals surface area contributed by atoms with Crippen LogP contribution in [0.5, 0.6) is 0 Å². The van der Waals surface area contributed by atoms with Crippen molar-refractivity contribution in [3.05, 3.63) is 115 Å². The number of hydrogen-bond donors (Lipinski definition) is 3. The lowest BCUT2D eigenvalue weighted by Gasteiger charge is -2.23. The number of halogens is 1. The summed E-state index contributed by atoms with van der Waals surface area (Å²) in [7, 11) is 0. The van der Waals surface area contributed by atoms with Crippen molar-refractivity contribution in [1.29, 1.82) is 0 Å². The molecule has 0 spiro atoms. The lowest BCUT2D eigenvalue weighted by atomic mass is 9.86. The van der Waals surface area contributed by atoms with E-state index < -0.39 is 0 Å². The van der Waals surface area contributed by atoms with Gasteiger partial charge in [0, 0.05) is 39.4 Å². The van der Waals surface area contributed by atoms with E-state index in [2.05, 4.69) is 69.0 Å². The maximum absolute atomic E-state index is 14.0. The van der Waals surface area contributed by atoms with Crippen molar-refractivity contribution in [1.82, 2.24) is 25.5 Å². The second-order valence-electron chi connectivity index (χ2n) is 11.1. The molecular weight excluding hydrogens is 521 g/mol. The zero-order valence-electron chi connectivity index (χ0n) is 24.0. The van der Waals surface area contributed by atoms with E-state index in [1.807, 2.05) is 31.2 Å². The first-order chi connectivity index (χ1) is 20.5. The second-order valence-corrected chi connectivity index (χ2v) is 11.1. The Morgan fingerprint density at radius 1 is 1.02 bits per heavy atom. The molecule has 6 rings (SSSR count). The van der Waals surface area contributed by atoms with Crippen molar-refractivity contribution >= 4 is 27.4 Å². The Morgan fingerprint density at radius 2 is 1.86 bits per heavy atom. The van der Waals surface area contributed by atoms with Crippen molar-refractivity contribution in [2.24, 2.45) is 5.92 Å². The van der Waals surface area contributed by atoms with Crippen LogP contribution < -0.4 is 5.32 Å². The summed E-state index contributed by atoms with van der Waals surface area (Å²) in [4.78, 5) is 8.06. The van der Waals surface area contributed by atoms with Gasteiger partial charge in [0.05, 0.1) is 16.9 Å². The Balaban J connectivity index is 1.30. The predicted molar refractivity (Wildman–Crippen MR) is 172 cm³/mol. The van der Waals surface area contributed by atoms with Gasteiger partial charge >= 0.3 is 0 Å². The molecule has 3 aromatic heterocycles. The maximum Gasteiger partial charge on any atom is 0.123 e. The molecular formula is C36H36FN5. The quantitative estimate of drug-likeness (QED) is 0.158. The number of aromatic amines is 2. The van der Waals surface area contributed by atoms with Crippen LogP contribution in [-0.2, 0) is 0 Å². The summed E-state index contributed by atoms with van der Waals surface area (Å²) in [6, 6.07) is 16.8. The van der Waals surface area contributed by atoms with Gasteiger partial charge in [-0.05, 0) is 78.9 Å². The summed E-state index contributed by atoms with van der Waals surface area (Å²) in [6.07, 6.45) is 15.4. The molecule has 212 valence electrons. The third-order valence-corrected chi connectivity index (χ3v) is 8.22. The molecule has 5 nitrogen and oxygen atoms in total. The zero-order valence-corrected chi connectivity index (χ0v) is 24.0. The van der Waals surface area contributed by atoms with Crippen molar-refractivity contribution < 1.29 is 4.39 Å². The van der Waals surface area contributed by atoms with E-state index in [4.69, 9.17) is 0 Å². The fourth-order valence-corrected chi connectivity index (χ4v) is 6.09. The minimum atomic E-state index is -0.287. The molecule has 3 heterocycles. The van der Waals surface area contributed by atoms with E-state index in [1.165, 1.54) is 44.2 Å². The van der Waals surface area contributed by atoms with Gasteiger partial charge in [-0.15, -0.1) is 0 Å². The zero-order chi connectivity index (χ0) is 29.1. The Kier molecular flexibility index (Phi) is 7.87. The molecule has 1 aliphatic carbocycles. The number of nitrogens with zero attached hydrogens (tertiary/aromatic N) is 2. The lowest BCUT2D eigenvalue weighted by molar-refractivity contribution is 0.353. The summed E-state index contributed by atoms with van der Waals surface area (Å²) >= 11 is 0. The number of fused-ring (bicyclic) bond motifs is 2. The molecule has 0 radical (unpaired) electrons. The largest absolute Gasteiger partial charge is 0.359 e. The number of rotatable bonds is 9. The number of pyridine rings is 1. The summed E-state index contributed by atoms with van der Waals surface area (Å²) in [5.41, 5.74) is 9.13. The molecule has 0 saturated heterocycles. The van der Waals surface area contributed by atoms with E-state index in [9.17, 15) is 4.39 Å². The molecule has 0 bridgehead atoms. The summed E-state index contributed by atoms with van der Waals surface area (Å²) in [5, 5.41) is 13.3. The first-order valence-corrected chi connectivity index (χ1v) is 14.7. The number of benzene rings is 2. The van der Waals surface area contributed by atoms with Crippen LogP contribution in [0.3, 0.4) is 0 Å². The van der Waals surface area contributed by atoms with Crippen LogP contribution in [0.15, 0.2) is 104 Å². The summed E-state index contributed by atoms with van der Waals surface area (Å²) in [6.45, 7) is 10.4. The molecule has 6 heteroatoms. The number of hydrogen-bond acceptors (Lipinski definition) is 3.